The molecule has 2 rings (SSSR count). The Bertz CT molecular complexity index is 322. The van der Waals surface area contributed by atoms with Crippen LogP contribution in [0, 0.1) is 5.41 Å². The van der Waals surface area contributed by atoms with Crippen LogP contribution in [0.2, 0.25) is 5.15 Å². The molecule has 0 aliphatic heterocycles. The van der Waals surface area contributed by atoms with Gasteiger partial charge in [0.15, 0.2) is 5.13 Å². The number of nitrogens with one attached hydrogen (secondary N) is 1. The number of halogens is 1. The molecule has 1 fully saturated rings. The second-order valence-corrected chi connectivity index (χ2v) is 5.97. The number of hydrogen-bond acceptors (Lipinski definition) is 3. The summed E-state index contributed by atoms with van der Waals surface area (Å²) in [7, 11) is 0. The largest absolute Gasteiger partial charge is 0.359 e. The average molecular weight is 231 g/mol. The molecular weight excluding hydrogens is 216 g/mol. The van der Waals surface area contributed by atoms with Crippen LogP contribution in [-0.2, 0) is 0 Å². The van der Waals surface area contributed by atoms with Crippen molar-refractivity contribution in [2.45, 2.75) is 39.2 Å². The molecular formula is C10H15ClN2S. The molecule has 0 saturated heterocycles. The Morgan fingerprint density at radius 2 is 2.43 bits per heavy atom. The van der Waals surface area contributed by atoms with Gasteiger partial charge in [-0.25, -0.2) is 4.98 Å². The van der Waals surface area contributed by atoms with Crippen LogP contribution >= 0.6 is 22.9 Å². The van der Waals surface area contributed by atoms with Crippen LogP contribution < -0.4 is 5.32 Å². The second kappa shape index (κ2) is 3.70. The predicted octanol–water partition coefficient (Wildman–Crippen LogP) is 3.79. The molecule has 1 aromatic heterocycles. The van der Waals surface area contributed by atoms with E-state index in [2.05, 4.69) is 24.1 Å². The Morgan fingerprint density at radius 3 is 2.93 bits per heavy atom. The van der Waals surface area contributed by atoms with Gasteiger partial charge in [-0.05, 0) is 24.7 Å². The van der Waals surface area contributed by atoms with Crippen LogP contribution in [0.15, 0.2) is 5.38 Å². The summed E-state index contributed by atoms with van der Waals surface area (Å²) in [5, 5.41) is 6.85. The molecule has 1 aliphatic carbocycles. The van der Waals surface area contributed by atoms with E-state index in [9.17, 15) is 0 Å². The Hall–Kier alpha value is -0.280. The number of rotatable bonds is 2. The summed E-state index contributed by atoms with van der Waals surface area (Å²) in [6, 6.07) is 0.576. The van der Waals surface area contributed by atoms with E-state index in [0.29, 0.717) is 16.6 Å². The summed E-state index contributed by atoms with van der Waals surface area (Å²) in [6.45, 7) is 4.65. The van der Waals surface area contributed by atoms with E-state index in [4.69, 9.17) is 11.6 Å². The quantitative estimate of drug-likeness (QED) is 0.836. The van der Waals surface area contributed by atoms with E-state index in [1.165, 1.54) is 19.3 Å². The van der Waals surface area contributed by atoms with Crippen molar-refractivity contribution >= 4 is 28.1 Å². The summed E-state index contributed by atoms with van der Waals surface area (Å²) >= 11 is 7.34. The smallest absolute Gasteiger partial charge is 0.184 e. The van der Waals surface area contributed by atoms with Crippen LogP contribution in [0.4, 0.5) is 5.13 Å². The molecule has 1 N–H and O–H groups in total. The fourth-order valence-electron chi connectivity index (χ4n) is 2.05. The fraction of sp³-hybridized carbons (Fsp3) is 0.700. The first-order valence-electron chi connectivity index (χ1n) is 4.93. The van der Waals surface area contributed by atoms with E-state index in [-0.39, 0.29) is 0 Å². The van der Waals surface area contributed by atoms with Crippen molar-refractivity contribution < 1.29 is 0 Å². The summed E-state index contributed by atoms with van der Waals surface area (Å²) in [4.78, 5) is 4.19. The molecule has 1 aromatic rings. The Kier molecular flexibility index (Phi) is 2.71. The van der Waals surface area contributed by atoms with Gasteiger partial charge in [0.1, 0.15) is 5.15 Å². The molecule has 0 aromatic carbocycles. The first-order chi connectivity index (χ1) is 6.55. The minimum atomic E-state index is 0.485. The van der Waals surface area contributed by atoms with Gasteiger partial charge in [-0.2, -0.15) is 0 Å². The average Bonchev–Trinajstić information content (AvgIpc) is 2.59. The van der Waals surface area contributed by atoms with Gasteiger partial charge in [-0.1, -0.05) is 25.4 Å². The normalized spacial score (nSPS) is 25.2. The molecule has 78 valence electrons. The summed E-state index contributed by atoms with van der Waals surface area (Å²) in [5.41, 5.74) is 0.485. The van der Waals surface area contributed by atoms with Crippen molar-refractivity contribution in [1.82, 2.24) is 4.98 Å². The van der Waals surface area contributed by atoms with Crippen LogP contribution in [-0.4, -0.2) is 11.0 Å². The molecule has 2 nitrogen and oxygen atoms in total. The van der Waals surface area contributed by atoms with Crippen LogP contribution in [0.25, 0.3) is 0 Å². The highest BCUT2D eigenvalue weighted by Crippen LogP contribution is 2.38. The Labute approximate surface area is 93.7 Å². The lowest BCUT2D eigenvalue weighted by atomic mass is 9.92. The number of nitrogens with zero attached hydrogens (tertiary/aromatic N) is 1. The highest BCUT2D eigenvalue weighted by atomic mass is 35.5. The van der Waals surface area contributed by atoms with Gasteiger partial charge in [0.2, 0.25) is 0 Å². The highest BCUT2D eigenvalue weighted by Gasteiger charge is 2.31. The fourth-order valence-corrected chi connectivity index (χ4v) is 2.97. The van der Waals surface area contributed by atoms with Gasteiger partial charge in [0.25, 0.3) is 0 Å². The molecule has 1 heterocycles. The SMILES string of the molecule is CC1(C)CCC(Nc2nc(Cl)cs2)C1. The van der Waals surface area contributed by atoms with Crippen LogP contribution in [0.5, 0.6) is 0 Å². The minimum Gasteiger partial charge on any atom is -0.359 e. The lowest BCUT2D eigenvalue weighted by molar-refractivity contribution is 0.378. The van der Waals surface area contributed by atoms with Crippen molar-refractivity contribution in [2.75, 3.05) is 5.32 Å². The second-order valence-electron chi connectivity index (χ2n) is 4.72. The van der Waals surface area contributed by atoms with E-state index in [1.54, 1.807) is 11.3 Å². The molecule has 1 unspecified atom stereocenters. The van der Waals surface area contributed by atoms with E-state index < -0.39 is 0 Å². The van der Waals surface area contributed by atoms with Crippen LogP contribution in [0.1, 0.15) is 33.1 Å². The van der Waals surface area contributed by atoms with Crippen LogP contribution in [0.3, 0.4) is 0 Å². The van der Waals surface area contributed by atoms with E-state index in [0.717, 1.165) is 5.13 Å². The zero-order valence-electron chi connectivity index (χ0n) is 8.51. The van der Waals surface area contributed by atoms with E-state index >= 15 is 0 Å². The molecule has 0 amide bonds. The Morgan fingerprint density at radius 1 is 1.64 bits per heavy atom. The van der Waals surface area contributed by atoms with Gasteiger partial charge in [-0.3, -0.25) is 0 Å². The monoisotopic (exact) mass is 230 g/mol. The number of anilines is 1. The molecule has 14 heavy (non-hydrogen) atoms. The number of thiazole rings is 1. The zero-order chi connectivity index (χ0) is 10.2. The first-order valence-corrected chi connectivity index (χ1v) is 6.18. The van der Waals surface area contributed by atoms with Crippen molar-refractivity contribution in [3.63, 3.8) is 0 Å². The lowest BCUT2D eigenvalue weighted by Crippen LogP contribution is -2.17. The van der Waals surface area contributed by atoms with Gasteiger partial charge in [0.05, 0.1) is 0 Å². The van der Waals surface area contributed by atoms with Gasteiger partial charge >= 0.3 is 0 Å². The lowest BCUT2D eigenvalue weighted by Gasteiger charge is -2.17. The third-order valence-electron chi connectivity index (χ3n) is 2.77. The summed E-state index contributed by atoms with van der Waals surface area (Å²) < 4.78 is 0. The molecule has 0 bridgehead atoms. The molecule has 1 atom stereocenters. The predicted molar refractivity (Wildman–Crippen MR) is 62.2 cm³/mol. The molecule has 0 radical (unpaired) electrons. The van der Waals surface area contributed by atoms with Crippen molar-refractivity contribution in [3.8, 4) is 0 Å². The first kappa shape index (κ1) is 10.2. The van der Waals surface area contributed by atoms with Gasteiger partial charge in [-0.15, -0.1) is 11.3 Å². The van der Waals surface area contributed by atoms with E-state index in [1.807, 2.05) is 5.38 Å². The van der Waals surface area contributed by atoms with Crippen molar-refractivity contribution in [2.24, 2.45) is 5.41 Å². The summed E-state index contributed by atoms with van der Waals surface area (Å²) in [6.07, 6.45) is 3.76. The maximum Gasteiger partial charge on any atom is 0.184 e. The molecule has 4 heteroatoms. The number of hydrogen-bond donors (Lipinski definition) is 1. The molecule has 1 aliphatic rings. The zero-order valence-corrected chi connectivity index (χ0v) is 10.1. The molecule has 0 spiro atoms. The third kappa shape index (κ3) is 2.39. The van der Waals surface area contributed by atoms with Gasteiger partial charge in [0, 0.05) is 11.4 Å². The van der Waals surface area contributed by atoms with Gasteiger partial charge < -0.3 is 5.32 Å². The minimum absolute atomic E-state index is 0.485. The standard InChI is InChI=1S/C10H15ClN2S/c1-10(2)4-3-7(5-10)12-9-13-8(11)6-14-9/h6-7H,3-5H2,1-2H3,(H,12,13). The topological polar surface area (TPSA) is 24.9 Å². The number of aromatic nitrogens is 1. The maximum atomic E-state index is 5.76. The summed E-state index contributed by atoms with van der Waals surface area (Å²) in [5.74, 6) is 0. The maximum absolute atomic E-state index is 5.76. The molecule has 1 saturated carbocycles. The van der Waals surface area contributed by atoms with Crippen molar-refractivity contribution in [1.29, 1.82) is 0 Å². The highest BCUT2D eigenvalue weighted by molar-refractivity contribution is 7.14. The third-order valence-corrected chi connectivity index (χ3v) is 3.87. The Balaban J connectivity index is 1.94. The van der Waals surface area contributed by atoms with Crippen molar-refractivity contribution in [3.05, 3.63) is 10.5 Å².